The third-order valence-electron chi connectivity index (χ3n) is 3.77. The molecule has 0 bridgehead atoms. The van der Waals surface area contributed by atoms with Crippen LogP contribution in [0.3, 0.4) is 0 Å². The Labute approximate surface area is 118 Å². The summed E-state index contributed by atoms with van der Waals surface area (Å²) in [6.45, 7) is 4.38. The van der Waals surface area contributed by atoms with E-state index in [0.717, 1.165) is 23.7 Å². The minimum Gasteiger partial charge on any atom is -0.391 e. The van der Waals surface area contributed by atoms with E-state index in [-0.39, 0.29) is 18.4 Å². The van der Waals surface area contributed by atoms with E-state index in [4.69, 9.17) is 0 Å². The molecule has 0 spiro atoms. The van der Waals surface area contributed by atoms with E-state index >= 15 is 0 Å². The average molecular weight is 275 g/mol. The normalized spacial score (nSPS) is 12.8. The van der Waals surface area contributed by atoms with Gasteiger partial charge in [0.25, 0.3) is 5.91 Å². The number of aromatic nitrogens is 2. The van der Waals surface area contributed by atoms with Crippen molar-refractivity contribution < 1.29 is 9.90 Å². The van der Waals surface area contributed by atoms with Crippen LogP contribution in [0.5, 0.6) is 0 Å². The summed E-state index contributed by atoms with van der Waals surface area (Å²) in [6, 6.07) is 5.38. The molecule has 0 saturated carbocycles. The van der Waals surface area contributed by atoms with Crippen LogP contribution < -0.4 is 5.32 Å². The highest BCUT2D eigenvalue weighted by Gasteiger charge is 2.16. The topological polar surface area (TPSA) is 78.0 Å². The molecular formula is C15H21N3O2. The number of hydrogen-bond acceptors (Lipinski definition) is 3. The number of H-pyrrole nitrogens is 1. The van der Waals surface area contributed by atoms with E-state index in [1.54, 1.807) is 18.3 Å². The van der Waals surface area contributed by atoms with Gasteiger partial charge in [0.05, 0.1) is 17.8 Å². The molecule has 0 radical (unpaired) electrons. The van der Waals surface area contributed by atoms with Crippen molar-refractivity contribution >= 4 is 16.8 Å². The number of nitrogens with one attached hydrogen (secondary N) is 2. The smallest absolute Gasteiger partial charge is 0.251 e. The van der Waals surface area contributed by atoms with Gasteiger partial charge in [-0.2, -0.15) is 5.10 Å². The van der Waals surface area contributed by atoms with Gasteiger partial charge in [0.1, 0.15) is 0 Å². The van der Waals surface area contributed by atoms with Crippen LogP contribution in [0.15, 0.2) is 24.4 Å². The fourth-order valence-electron chi connectivity index (χ4n) is 2.38. The van der Waals surface area contributed by atoms with Gasteiger partial charge in [-0.3, -0.25) is 9.89 Å². The van der Waals surface area contributed by atoms with Crippen LogP contribution in [-0.2, 0) is 0 Å². The van der Waals surface area contributed by atoms with Gasteiger partial charge >= 0.3 is 0 Å². The second-order valence-electron chi connectivity index (χ2n) is 5.03. The zero-order valence-electron chi connectivity index (χ0n) is 11.9. The van der Waals surface area contributed by atoms with Crippen molar-refractivity contribution in [3.8, 4) is 0 Å². The molecule has 0 aliphatic rings. The summed E-state index contributed by atoms with van der Waals surface area (Å²) < 4.78 is 0. The van der Waals surface area contributed by atoms with E-state index in [1.165, 1.54) is 0 Å². The number of aromatic amines is 1. The van der Waals surface area contributed by atoms with Gasteiger partial charge < -0.3 is 10.4 Å². The van der Waals surface area contributed by atoms with Gasteiger partial charge in [0.2, 0.25) is 0 Å². The molecule has 1 heterocycles. The number of carbonyl (C=O) groups excluding carboxylic acids is 1. The molecule has 2 rings (SSSR count). The minimum atomic E-state index is -0.496. The molecule has 0 aliphatic carbocycles. The monoisotopic (exact) mass is 275 g/mol. The first-order chi connectivity index (χ1) is 9.65. The zero-order valence-corrected chi connectivity index (χ0v) is 11.9. The third kappa shape index (κ3) is 3.17. The number of rotatable bonds is 6. The molecule has 0 fully saturated rings. The van der Waals surface area contributed by atoms with Gasteiger partial charge in [0, 0.05) is 17.5 Å². The first kappa shape index (κ1) is 14.5. The summed E-state index contributed by atoms with van der Waals surface area (Å²) in [5.74, 6) is 0.0527. The first-order valence-corrected chi connectivity index (χ1v) is 7.05. The number of nitrogens with zero attached hydrogens (tertiary/aromatic N) is 1. The van der Waals surface area contributed by atoms with E-state index in [1.807, 2.05) is 19.9 Å². The lowest BCUT2D eigenvalue weighted by Gasteiger charge is -2.20. The highest BCUT2D eigenvalue weighted by molar-refractivity contribution is 5.97. The molecule has 1 amide bonds. The van der Waals surface area contributed by atoms with Crippen LogP contribution in [0.4, 0.5) is 0 Å². The number of aliphatic hydroxyl groups excluding tert-OH is 1. The molecule has 1 unspecified atom stereocenters. The Morgan fingerprint density at radius 3 is 2.85 bits per heavy atom. The Morgan fingerprint density at radius 1 is 1.40 bits per heavy atom. The van der Waals surface area contributed by atoms with Crippen LogP contribution >= 0.6 is 0 Å². The van der Waals surface area contributed by atoms with Crippen molar-refractivity contribution in [3.63, 3.8) is 0 Å². The zero-order chi connectivity index (χ0) is 14.5. The molecule has 0 saturated heterocycles. The van der Waals surface area contributed by atoms with Crippen molar-refractivity contribution in [2.75, 3.05) is 6.54 Å². The maximum atomic E-state index is 12.1. The molecule has 1 aromatic carbocycles. The number of amides is 1. The Morgan fingerprint density at radius 2 is 2.15 bits per heavy atom. The van der Waals surface area contributed by atoms with Crippen molar-refractivity contribution in [2.24, 2.45) is 5.92 Å². The molecule has 5 heteroatoms. The van der Waals surface area contributed by atoms with Crippen LogP contribution in [0, 0.1) is 5.92 Å². The number of aliphatic hydroxyl groups is 1. The van der Waals surface area contributed by atoms with Gasteiger partial charge in [-0.25, -0.2) is 0 Å². The maximum Gasteiger partial charge on any atom is 0.251 e. The molecule has 2 aromatic rings. The Kier molecular flexibility index (Phi) is 4.74. The van der Waals surface area contributed by atoms with Crippen LogP contribution in [-0.4, -0.2) is 33.9 Å². The second kappa shape index (κ2) is 6.52. The Hall–Kier alpha value is -1.88. The van der Waals surface area contributed by atoms with Crippen molar-refractivity contribution in [1.29, 1.82) is 0 Å². The van der Waals surface area contributed by atoms with E-state index in [9.17, 15) is 9.90 Å². The highest BCUT2D eigenvalue weighted by Crippen LogP contribution is 2.14. The summed E-state index contributed by atoms with van der Waals surface area (Å²) in [4.78, 5) is 12.1. The molecular weight excluding hydrogens is 254 g/mol. The van der Waals surface area contributed by atoms with Crippen LogP contribution in [0.1, 0.15) is 37.0 Å². The largest absolute Gasteiger partial charge is 0.391 e. The summed E-state index contributed by atoms with van der Waals surface area (Å²) in [5.41, 5.74) is 1.40. The predicted molar refractivity (Wildman–Crippen MR) is 78.5 cm³/mol. The molecule has 5 nitrogen and oxygen atoms in total. The minimum absolute atomic E-state index is 0.175. The van der Waals surface area contributed by atoms with Crippen molar-refractivity contribution in [1.82, 2.24) is 15.5 Å². The molecule has 0 aliphatic heterocycles. The number of benzene rings is 1. The summed E-state index contributed by atoms with van der Waals surface area (Å²) in [6.07, 6.45) is 3.04. The van der Waals surface area contributed by atoms with E-state index in [0.29, 0.717) is 5.56 Å². The average Bonchev–Trinajstić information content (AvgIpc) is 2.93. The number of hydrogen-bond donors (Lipinski definition) is 3. The lowest BCUT2D eigenvalue weighted by molar-refractivity contribution is 0.0817. The SMILES string of the molecule is CCC(CC)C(O)CNC(=O)c1ccc2cn[nH]c2c1. The van der Waals surface area contributed by atoms with Gasteiger partial charge in [0.15, 0.2) is 0 Å². The van der Waals surface area contributed by atoms with E-state index < -0.39 is 6.10 Å². The highest BCUT2D eigenvalue weighted by atomic mass is 16.3. The quantitative estimate of drug-likeness (QED) is 0.755. The fourth-order valence-corrected chi connectivity index (χ4v) is 2.38. The molecule has 108 valence electrons. The Balaban J connectivity index is 1.97. The lowest BCUT2D eigenvalue weighted by Crippen LogP contribution is -2.36. The van der Waals surface area contributed by atoms with Crippen LogP contribution in [0.2, 0.25) is 0 Å². The summed E-state index contributed by atoms with van der Waals surface area (Å²) in [5, 5.41) is 20.5. The maximum absolute atomic E-state index is 12.1. The molecule has 1 atom stereocenters. The summed E-state index contributed by atoms with van der Waals surface area (Å²) >= 11 is 0. The molecule has 3 N–H and O–H groups in total. The number of fused-ring (bicyclic) bond motifs is 1. The van der Waals surface area contributed by atoms with Crippen LogP contribution in [0.25, 0.3) is 10.9 Å². The first-order valence-electron chi connectivity index (χ1n) is 7.05. The van der Waals surface area contributed by atoms with Crippen molar-refractivity contribution in [3.05, 3.63) is 30.0 Å². The second-order valence-corrected chi connectivity index (χ2v) is 5.03. The summed E-state index contributed by atoms with van der Waals surface area (Å²) in [7, 11) is 0. The number of carbonyl (C=O) groups is 1. The van der Waals surface area contributed by atoms with Gasteiger partial charge in [-0.05, 0) is 18.1 Å². The lowest BCUT2D eigenvalue weighted by atomic mass is 9.96. The predicted octanol–water partition coefficient (Wildman–Crippen LogP) is 2.09. The standard InChI is InChI=1S/C15H21N3O2/c1-3-10(4-2)14(19)9-16-15(20)11-5-6-12-8-17-18-13(12)7-11/h5-8,10,14,19H,3-4,9H2,1-2H3,(H,16,20)(H,17,18). The molecule has 1 aromatic heterocycles. The third-order valence-corrected chi connectivity index (χ3v) is 3.77. The van der Waals surface area contributed by atoms with Gasteiger partial charge in [-0.1, -0.05) is 32.8 Å². The Bertz CT molecular complexity index is 575. The van der Waals surface area contributed by atoms with Gasteiger partial charge in [-0.15, -0.1) is 0 Å². The fraction of sp³-hybridized carbons (Fsp3) is 0.467. The van der Waals surface area contributed by atoms with E-state index in [2.05, 4.69) is 15.5 Å². The molecule has 20 heavy (non-hydrogen) atoms. The van der Waals surface area contributed by atoms with Crippen molar-refractivity contribution in [2.45, 2.75) is 32.8 Å².